The molecule has 0 aliphatic carbocycles. The van der Waals surface area contributed by atoms with Gasteiger partial charge >= 0.3 is 0 Å². The van der Waals surface area contributed by atoms with Gasteiger partial charge in [0.2, 0.25) is 10.0 Å². The maximum Gasteiger partial charge on any atom is 0.267 e. The Balaban J connectivity index is 1.93. The number of nitrogens with one attached hydrogen (secondary N) is 2. The lowest BCUT2D eigenvalue weighted by atomic mass is 10.0. The average Bonchev–Trinajstić information content (AvgIpc) is 2.92. The molecule has 1 fully saturated rings. The van der Waals surface area contributed by atoms with Crippen molar-refractivity contribution in [1.82, 2.24) is 19.5 Å². The lowest BCUT2D eigenvalue weighted by molar-refractivity contribution is 0.0930. The molecule has 7 nitrogen and oxygen atoms in total. The van der Waals surface area contributed by atoms with Crippen molar-refractivity contribution < 1.29 is 13.2 Å². The van der Waals surface area contributed by atoms with E-state index in [9.17, 15) is 13.2 Å². The van der Waals surface area contributed by atoms with Crippen LogP contribution in [0.5, 0.6) is 0 Å². The van der Waals surface area contributed by atoms with E-state index in [1.807, 2.05) is 0 Å². The highest BCUT2D eigenvalue weighted by molar-refractivity contribution is 7.89. The normalized spacial score (nSPS) is 19.7. The van der Waals surface area contributed by atoms with Crippen molar-refractivity contribution in [2.75, 3.05) is 26.7 Å². The molecule has 0 unspecified atom stereocenters. The second-order valence-electron chi connectivity index (χ2n) is 6.02. The molecule has 1 amide bonds. The van der Waals surface area contributed by atoms with Crippen molar-refractivity contribution in [2.45, 2.75) is 37.1 Å². The first kappa shape index (κ1) is 18.0. The lowest BCUT2D eigenvalue weighted by Crippen LogP contribution is -2.42. The topological polar surface area (TPSA) is 83.4 Å². The van der Waals surface area contributed by atoms with Crippen LogP contribution in [-0.2, 0) is 17.1 Å². The highest BCUT2D eigenvalue weighted by Gasteiger charge is 2.20. The number of aromatic nitrogens is 1. The number of rotatable bonds is 6. The Labute approximate surface area is 138 Å². The molecule has 130 valence electrons. The average molecular weight is 342 g/mol. The zero-order valence-electron chi connectivity index (χ0n) is 14.0. The fourth-order valence-electron chi connectivity index (χ4n) is 2.92. The first-order valence-corrected chi connectivity index (χ1v) is 9.45. The van der Waals surface area contributed by atoms with E-state index in [1.54, 1.807) is 7.05 Å². The second kappa shape index (κ2) is 7.46. The lowest BCUT2D eigenvalue weighted by Gasteiger charge is -2.33. The summed E-state index contributed by atoms with van der Waals surface area (Å²) in [6.07, 6.45) is 5.13. The first-order valence-electron chi connectivity index (χ1n) is 7.97. The Morgan fingerprint density at radius 1 is 1.39 bits per heavy atom. The summed E-state index contributed by atoms with van der Waals surface area (Å²) >= 11 is 0. The van der Waals surface area contributed by atoms with Crippen LogP contribution in [0.3, 0.4) is 0 Å². The SMILES string of the molecule is CNS(=O)(=O)c1cc(C(=O)NCCN2CCCC[C@@H]2C)n(C)c1. The molecule has 0 saturated carbocycles. The van der Waals surface area contributed by atoms with Gasteiger partial charge in [0.25, 0.3) is 5.91 Å². The zero-order chi connectivity index (χ0) is 17.0. The predicted molar refractivity (Wildman–Crippen MR) is 88.9 cm³/mol. The van der Waals surface area contributed by atoms with Gasteiger partial charge in [-0.15, -0.1) is 0 Å². The van der Waals surface area contributed by atoms with Crippen LogP contribution in [0.1, 0.15) is 36.7 Å². The van der Waals surface area contributed by atoms with E-state index in [-0.39, 0.29) is 10.8 Å². The number of carbonyl (C=O) groups is 1. The Morgan fingerprint density at radius 3 is 2.78 bits per heavy atom. The molecule has 2 heterocycles. The van der Waals surface area contributed by atoms with Crippen LogP contribution < -0.4 is 10.0 Å². The van der Waals surface area contributed by atoms with Gasteiger partial charge in [-0.25, -0.2) is 13.1 Å². The standard InChI is InChI=1S/C15H26N4O3S/c1-12-6-4-5-8-19(12)9-7-17-15(20)14-10-13(11-18(14)3)23(21,22)16-2/h10-12,16H,4-9H2,1-3H3,(H,17,20)/t12-/m0/s1. The van der Waals surface area contributed by atoms with E-state index in [2.05, 4.69) is 21.9 Å². The fraction of sp³-hybridized carbons (Fsp3) is 0.667. The van der Waals surface area contributed by atoms with E-state index in [4.69, 9.17) is 0 Å². The summed E-state index contributed by atoms with van der Waals surface area (Å²) in [5, 5.41) is 2.87. The van der Waals surface area contributed by atoms with E-state index in [0.29, 0.717) is 18.3 Å². The smallest absolute Gasteiger partial charge is 0.267 e. The Kier molecular flexibility index (Phi) is 5.83. The van der Waals surface area contributed by atoms with Gasteiger partial charge in [-0.3, -0.25) is 9.69 Å². The minimum Gasteiger partial charge on any atom is -0.349 e. The molecule has 23 heavy (non-hydrogen) atoms. The maximum atomic E-state index is 12.3. The molecular formula is C15H26N4O3S. The summed E-state index contributed by atoms with van der Waals surface area (Å²) in [6, 6.07) is 1.95. The van der Waals surface area contributed by atoms with Gasteiger partial charge in [-0.2, -0.15) is 0 Å². The van der Waals surface area contributed by atoms with Crippen molar-refractivity contribution >= 4 is 15.9 Å². The van der Waals surface area contributed by atoms with Crippen LogP contribution in [0.4, 0.5) is 0 Å². The molecule has 1 aromatic heterocycles. The van der Waals surface area contributed by atoms with Crippen molar-refractivity contribution in [3.8, 4) is 0 Å². The molecule has 2 rings (SSSR count). The van der Waals surface area contributed by atoms with E-state index >= 15 is 0 Å². The second-order valence-corrected chi connectivity index (χ2v) is 7.90. The number of likely N-dealkylation sites (tertiary alicyclic amines) is 1. The summed E-state index contributed by atoms with van der Waals surface area (Å²) in [4.78, 5) is 14.7. The molecule has 8 heteroatoms. The molecular weight excluding hydrogens is 316 g/mol. The molecule has 1 atom stereocenters. The monoisotopic (exact) mass is 342 g/mol. The quantitative estimate of drug-likeness (QED) is 0.790. The van der Waals surface area contributed by atoms with Gasteiger partial charge in [0.05, 0.1) is 0 Å². The highest BCUT2D eigenvalue weighted by Crippen LogP contribution is 2.15. The van der Waals surface area contributed by atoms with Crippen LogP contribution in [0.2, 0.25) is 0 Å². The Bertz CT molecular complexity index is 654. The van der Waals surface area contributed by atoms with Crippen LogP contribution in [-0.4, -0.2) is 56.5 Å². The van der Waals surface area contributed by atoms with Crippen LogP contribution in [0, 0.1) is 0 Å². The third kappa shape index (κ3) is 4.33. The maximum absolute atomic E-state index is 12.3. The number of amides is 1. The van der Waals surface area contributed by atoms with Crippen molar-refractivity contribution in [3.63, 3.8) is 0 Å². The third-order valence-corrected chi connectivity index (χ3v) is 5.80. The molecule has 0 aromatic carbocycles. The number of hydrogen-bond donors (Lipinski definition) is 2. The Morgan fingerprint density at radius 2 is 2.13 bits per heavy atom. The van der Waals surface area contributed by atoms with Gasteiger partial charge in [0.1, 0.15) is 10.6 Å². The first-order chi connectivity index (χ1) is 10.8. The molecule has 1 saturated heterocycles. The number of aryl methyl sites for hydroxylation is 1. The zero-order valence-corrected chi connectivity index (χ0v) is 14.8. The minimum absolute atomic E-state index is 0.0947. The van der Waals surface area contributed by atoms with Crippen molar-refractivity contribution in [2.24, 2.45) is 7.05 Å². The third-order valence-electron chi connectivity index (χ3n) is 4.42. The number of nitrogens with zero attached hydrogens (tertiary/aromatic N) is 2. The fourth-order valence-corrected chi connectivity index (χ4v) is 3.72. The van der Waals surface area contributed by atoms with Crippen LogP contribution >= 0.6 is 0 Å². The summed E-state index contributed by atoms with van der Waals surface area (Å²) in [7, 11) is -0.525. The highest BCUT2D eigenvalue weighted by atomic mass is 32.2. The molecule has 0 bridgehead atoms. The summed E-state index contributed by atoms with van der Waals surface area (Å²) in [5.41, 5.74) is 0.338. The number of piperidine rings is 1. The molecule has 2 N–H and O–H groups in total. The van der Waals surface area contributed by atoms with Crippen molar-refractivity contribution in [3.05, 3.63) is 18.0 Å². The minimum atomic E-state index is -3.54. The number of sulfonamides is 1. The van der Waals surface area contributed by atoms with Gasteiger partial charge in [0.15, 0.2) is 0 Å². The van der Waals surface area contributed by atoms with Gasteiger partial charge in [0, 0.05) is 32.4 Å². The van der Waals surface area contributed by atoms with Crippen LogP contribution in [0.15, 0.2) is 17.2 Å². The largest absolute Gasteiger partial charge is 0.349 e. The van der Waals surface area contributed by atoms with Gasteiger partial charge in [-0.05, 0) is 39.4 Å². The predicted octanol–water partition coefficient (Wildman–Crippen LogP) is 0.537. The molecule has 1 aliphatic rings. The van der Waals surface area contributed by atoms with Crippen molar-refractivity contribution in [1.29, 1.82) is 0 Å². The van der Waals surface area contributed by atoms with Gasteiger partial charge < -0.3 is 9.88 Å². The van der Waals surface area contributed by atoms with Crippen LogP contribution in [0.25, 0.3) is 0 Å². The number of carbonyl (C=O) groups excluding carboxylic acids is 1. The van der Waals surface area contributed by atoms with Gasteiger partial charge in [-0.1, -0.05) is 6.42 Å². The molecule has 1 aliphatic heterocycles. The summed E-state index contributed by atoms with van der Waals surface area (Å²) in [5.74, 6) is -0.255. The molecule has 1 aromatic rings. The Hall–Kier alpha value is -1.38. The molecule has 0 spiro atoms. The van der Waals surface area contributed by atoms with E-state index < -0.39 is 10.0 Å². The summed E-state index contributed by atoms with van der Waals surface area (Å²) in [6.45, 7) is 4.67. The van der Waals surface area contributed by atoms with E-state index in [1.165, 1.54) is 43.1 Å². The van der Waals surface area contributed by atoms with E-state index in [0.717, 1.165) is 13.1 Å². The molecule has 0 radical (unpaired) electrons. The summed E-state index contributed by atoms with van der Waals surface area (Å²) < 4.78 is 27.3. The number of hydrogen-bond acceptors (Lipinski definition) is 4.